The van der Waals surface area contributed by atoms with Crippen molar-refractivity contribution in [3.8, 4) is 0 Å². The van der Waals surface area contributed by atoms with Crippen LogP contribution in [0.15, 0.2) is 28.7 Å². The highest BCUT2D eigenvalue weighted by molar-refractivity contribution is 5.82. The Morgan fingerprint density at radius 1 is 1.19 bits per heavy atom. The van der Waals surface area contributed by atoms with Crippen LogP contribution in [0.5, 0.6) is 0 Å². The third-order valence-corrected chi connectivity index (χ3v) is 3.92. The zero-order chi connectivity index (χ0) is 15.2. The van der Waals surface area contributed by atoms with Crippen LogP contribution in [-0.4, -0.2) is 12.6 Å². The highest BCUT2D eigenvalue weighted by Crippen LogP contribution is 2.27. The molecular weight excluding hydrogens is 262 g/mol. The summed E-state index contributed by atoms with van der Waals surface area (Å²) in [7, 11) is 0. The lowest BCUT2D eigenvalue weighted by molar-refractivity contribution is 0.0233. The number of hydrogen-bond acceptors (Lipinski definition) is 3. The summed E-state index contributed by atoms with van der Waals surface area (Å²) in [6.07, 6.45) is 1.37. The van der Waals surface area contributed by atoms with E-state index in [1.54, 1.807) is 0 Å². The molecule has 0 saturated heterocycles. The molecule has 1 N–H and O–H groups in total. The largest absolute Gasteiger partial charge is 0.459 e. The summed E-state index contributed by atoms with van der Waals surface area (Å²) in [6, 6.07) is 8.20. The maximum absolute atomic E-state index is 6.02. The predicted molar refractivity (Wildman–Crippen MR) is 87.3 cm³/mol. The van der Waals surface area contributed by atoms with E-state index < -0.39 is 0 Å². The van der Waals surface area contributed by atoms with E-state index in [1.807, 2.05) is 12.1 Å². The predicted octanol–water partition coefficient (Wildman–Crippen LogP) is 4.49. The van der Waals surface area contributed by atoms with Crippen LogP contribution < -0.4 is 5.32 Å². The minimum absolute atomic E-state index is 0.245. The molecule has 0 aliphatic rings. The second kappa shape index (κ2) is 7.62. The summed E-state index contributed by atoms with van der Waals surface area (Å²) in [5.41, 5.74) is 2.13. The first kappa shape index (κ1) is 16.1. The first-order valence-electron chi connectivity index (χ1n) is 7.95. The molecule has 0 radical (unpaired) electrons. The Morgan fingerprint density at radius 2 is 1.95 bits per heavy atom. The molecule has 1 aromatic carbocycles. The van der Waals surface area contributed by atoms with Gasteiger partial charge in [0.2, 0.25) is 0 Å². The number of furan rings is 1. The van der Waals surface area contributed by atoms with Crippen molar-refractivity contribution in [2.75, 3.05) is 6.54 Å². The Labute approximate surface area is 127 Å². The fourth-order valence-electron chi connectivity index (χ4n) is 2.24. The number of hydrogen-bond donors (Lipinski definition) is 1. The number of nitrogens with one attached hydrogen (secondary N) is 1. The van der Waals surface area contributed by atoms with Crippen molar-refractivity contribution in [1.29, 1.82) is 0 Å². The minimum Gasteiger partial charge on any atom is -0.459 e. The molecular formula is C18H27NO2. The van der Waals surface area contributed by atoms with Crippen molar-refractivity contribution in [2.45, 2.75) is 53.4 Å². The van der Waals surface area contributed by atoms with Crippen LogP contribution >= 0.6 is 0 Å². The van der Waals surface area contributed by atoms with Gasteiger partial charge in [0.1, 0.15) is 11.3 Å². The molecule has 1 unspecified atom stereocenters. The molecule has 0 bridgehead atoms. The van der Waals surface area contributed by atoms with Crippen molar-refractivity contribution >= 4 is 11.0 Å². The summed E-state index contributed by atoms with van der Waals surface area (Å²) in [4.78, 5) is 0. The third-order valence-electron chi connectivity index (χ3n) is 3.92. The average molecular weight is 289 g/mol. The Balaban J connectivity index is 2.18. The van der Waals surface area contributed by atoms with Crippen LogP contribution in [0.2, 0.25) is 0 Å². The first-order valence-corrected chi connectivity index (χ1v) is 7.95. The highest BCUT2D eigenvalue weighted by atomic mass is 16.5. The zero-order valence-corrected chi connectivity index (χ0v) is 13.6. The van der Waals surface area contributed by atoms with Crippen molar-refractivity contribution in [3.05, 3.63) is 35.6 Å². The lowest BCUT2D eigenvalue weighted by Crippen LogP contribution is -2.17. The van der Waals surface area contributed by atoms with Gasteiger partial charge in [-0.3, -0.25) is 0 Å². The average Bonchev–Trinajstić information content (AvgIpc) is 2.82. The number of benzene rings is 1. The molecule has 1 aromatic heterocycles. The molecule has 1 heterocycles. The smallest absolute Gasteiger partial charge is 0.134 e. The summed E-state index contributed by atoms with van der Waals surface area (Å²) < 4.78 is 12.0. The van der Waals surface area contributed by atoms with Gasteiger partial charge in [0.25, 0.3) is 0 Å². The van der Waals surface area contributed by atoms with E-state index in [4.69, 9.17) is 9.15 Å². The van der Waals surface area contributed by atoms with Crippen molar-refractivity contribution < 1.29 is 9.15 Å². The van der Waals surface area contributed by atoms with Crippen LogP contribution in [0.25, 0.3) is 11.0 Å². The fourth-order valence-corrected chi connectivity index (χ4v) is 2.24. The van der Waals surface area contributed by atoms with Gasteiger partial charge in [-0.05, 0) is 31.9 Å². The van der Waals surface area contributed by atoms with E-state index in [0.717, 1.165) is 30.9 Å². The van der Waals surface area contributed by atoms with Crippen LogP contribution in [0.1, 0.15) is 45.4 Å². The molecule has 3 nitrogen and oxygen atoms in total. The van der Waals surface area contributed by atoms with E-state index in [-0.39, 0.29) is 6.10 Å². The van der Waals surface area contributed by atoms with Gasteiger partial charge in [0, 0.05) is 10.9 Å². The molecule has 2 aromatic rings. The maximum Gasteiger partial charge on any atom is 0.134 e. The molecule has 1 atom stereocenters. The molecule has 0 aliphatic heterocycles. The second-order valence-corrected chi connectivity index (χ2v) is 5.94. The number of fused-ring (bicyclic) bond motifs is 1. The molecule has 0 spiro atoms. The van der Waals surface area contributed by atoms with Gasteiger partial charge in [-0.15, -0.1) is 0 Å². The Morgan fingerprint density at radius 3 is 2.67 bits per heavy atom. The molecule has 116 valence electrons. The van der Waals surface area contributed by atoms with Gasteiger partial charge in [-0.1, -0.05) is 39.0 Å². The molecule has 0 aliphatic carbocycles. The van der Waals surface area contributed by atoms with Gasteiger partial charge in [0.05, 0.1) is 19.3 Å². The summed E-state index contributed by atoms with van der Waals surface area (Å²) in [5, 5.41) is 4.58. The van der Waals surface area contributed by atoms with E-state index in [2.05, 4.69) is 45.1 Å². The Bertz CT molecular complexity index is 559. The van der Waals surface area contributed by atoms with Crippen molar-refractivity contribution in [3.63, 3.8) is 0 Å². The number of ether oxygens (including phenoxy) is 1. The third kappa shape index (κ3) is 4.08. The SMILES string of the molecule is CCCNCc1oc2ccccc2c1COC(C)C(C)C. The van der Waals surface area contributed by atoms with Gasteiger partial charge < -0.3 is 14.5 Å². The maximum atomic E-state index is 6.02. The monoisotopic (exact) mass is 289 g/mol. The van der Waals surface area contributed by atoms with Crippen molar-refractivity contribution in [2.24, 2.45) is 5.92 Å². The Kier molecular flexibility index (Phi) is 5.83. The van der Waals surface area contributed by atoms with E-state index in [0.29, 0.717) is 12.5 Å². The topological polar surface area (TPSA) is 34.4 Å². The summed E-state index contributed by atoms with van der Waals surface area (Å²) >= 11 is 0. The van der Waals surface area contributed by atoms with Crippen LogP contribution in [0.4, 0.5) is 0 Å². The quantitative estimate of drug-likeness (QED) is 0.727. The van der Waals surface area contributed by atoms with E-state index >= 15 is 0 Å². The molecule has 0 amide bonds. The molecule has 0 fully saturated rings. The van der Waals surface area contributed by atoms with Crippen molar-refractivity contribution in [1.82, 2.24) is 5.32 Å². The molecule has 21 heavy (non-hydrogen) atoms. The van der Waals surface area contributed by atoms with Gasteiger partial charge >= 0.3 is 0 Å². The lowest BCUT2D eigenvalue weighted by atomic mass is 10.1. The minimum atomic E-state index is 0.245. The fraction of sp³-hybridized carbons (Fsp3) is 0.556. The van der Waals surface area contributed by atoms with Gasteiger partial charge in [0.15, 0.2) is 0 Å². The normalized spacial score (nSPS) is 13.2. The standard InChI is InChI=1S/C18H27NO2/c1-5-10-19-11-18-16(12-20-14(4)13(2)3)15-8-6-7-9-17(15)21-18/h6-9,13-14,19H,5,10-12H2,1-4H3. The Hall–Kier alpha value is -1.32. The summed E-state index contributed by atoms with van der Waals surface area (Å²) in [5.74, 6) is 1.52. The van der Waals surface area contributed by atoms with Crippen LogP contribution in [0.3, 0.4) is 0 Å². The van der Waals surface area contributed by atoms with Crippen LogP contribution in [-0.2, 0) is 17.9 Å². The first-order chi connectivity index (χ1) is 10.1. The summed E-state index contributed by atoms with van der Waals surface area (Å²) in [6.45, 7) is 11.0. The molecule has 3 heteroatoms. The van der Waals surface area contributed by atoms with E-state index in [1.165, 1.54) is 10.9 Å². The van der Waals surface area contributed by atoms with E-state index in [9.17, 15) is 0 Å². The highest BCUT2D eigenvalue weighted by Gasteiger charge is 2.16. The number of rotatable bonds is 8. The number of para-hydroxylation sites is 1. The van der Waals surface area contributed by atoms with Crippen LogP contribution in [0, 0.1) is 5.92 Å². The second-order valence-electron chi connectivity index (χ2n) is 5.94. The lowest BCUT2D eigenvalue weighted by Gasteiger charge is -2.16. The zero-order valence-electron chi connectivity index (χ0n) is 13.6. The van der Waals surface area contributed by atoms with Gasteiger partial charge in [-0.25, -0.2) is 0 Å². The molecule has 0 saturated carbocycles. The van der Waals surface area contributed by atoms with Gasteiger partial charge in [-0.2, -0.15) is 0 Å². The molecule has 2 rings (SSSR count).